The zero-order valence-corrected chi connectivity index (χ0v) is 13.5. The fourth-order valence-electron chi connectivity index (χ4n) is 2.33. The molecule has 2 rings (SSSR count). The van der Waals surface area contributed by atoms with E-state index in [9.17, 15) is 9.59 Å². The number of rotatable bonds is 6. The van der Waals surface area contributed by atoms with E-state index < -0.39 is 11.9 Å². The molecule has 0 aliphatic rings. The van der Waals surface area contributed by atoms with Crippen LogP contribution in [0.2, 0.25) is 0 Å². The molecular weight excluding hydrogens is 298 g/mol. The highest BCUT2D eigenvalue weighted by Crippen LogP contribution is 2.24. The molecule has 2 N–H and O–H groups in total. The van der Waals surface area contributed by atoms with Gasteiger partial charge < -0.3 is 19.8 Å². The van der Waals surface area contributed by atoms with Crippen molar-refractivity contribution in [1.82, 2.24) is 9.55 Å². The number of hydrogen-bond acceptors (Lipinski definition) is 6. The molecule has 1 atom stereocenters. The maximum Gasteiger partial charge on any atom is 0.356 e. The SMILES string of the molecule is CCOC(=O)c1ccc2cc(C(=O)OCC)n([C@H](C)CN)c2n1. The third-order valence-corrected chi connectivity index (χ3v) is 3.44. The smallest absolute Gasteiger partial charge is 0.356 e. The highest BCUT2D eigenvalue weighted by atomic mass is 16.5. The van der Waals surface area contributed by atoms with Gasteiger partial charge in [-0.25, -0.2) is 14.6 Å². The van der Waals surface area contributed by atoms with Crippen LogP contribution in [0.25, 0.3) is 11.0 Å². The summed E-state index contributed by atoms with van der Waals surface area (Å²) >= 11 is 0. The molecule has 0 unspecified atom stereocenters. The number of pyridine rings is 1. The molecule has 124 valence electrons. The van der Waals surface area contributed by atoms with E-state index in [1.807, 2.05) is 6.92 Å². The molecule has 0 saturated heterocycles. The standard InChI is InChI=1S/C16H21N3O4/c1-4-22-15(20)12-7-6-11-8-13(16(21)23-5-2)19(10(3)9-17)14(11)18-12/h6-8,10H,4-5,9,17H2,1-3H3/t10-/m1/s1. The summed E-state index contributed by atoms with van der Waals surface area (Å²) in [6.07, 6.45) is 0. The van der Waals surface area contributed by atoms with Gasteiger partial charge in [0.25, 0.3) is 0 Å². The van der Waals surface area contributed by atoms with Crippen molar-refractivity contribution < 1.29 is 19.1 Å². The second kappa shape index (κ2) is 7.23. The van der Waals surface area contributed by atoms with E-state index in [1.165, 1.54) is 0 Å². The summed E-state index contributed by atoms with van der Waals surface area (Å²) < 4.78 is 11.8. The predicted octanol–water partition coefficient (Wildman–Crippen LogP) is 1.91. The number of esters is 2. The average Bonchev–Trinajstić information content (AvgIpc) is 2.93. The normalized spacial score (nSPS) is 12.2. The Labute approximate surface area is 134 Å². The third-order valence-electron chi connectivity index (χ3n) is 3.44. The minimum atomic E-state index is -0.500. The van der Waals surface area contributed by atoms with E-state index in [0.29, 0.717) is 17.9 Å². The summed E-state index contributed by atoms with van der Waals surface area (Å²) in [6, 6.07) is 4.84. The van der Waals surface area contributed by atoms with Crippen LogP contribution in [0, 0.1) is 0 Å². The van der Waals surface area contributed by atoms with Gasteiger partial charge in [-0.2, -0.15) is 0 Å². The highest BCUT2D eigenvalue weighted by molar-refractivity contribution is 5.96. The monoisotopic (exact) mass is 319 g/mol. The number of fused-ring (bicyclic) bond motifs is 1. The van der Waals surface area contributed by atoms with Crippen LogP contribution in [0.4, 0.5) is 0 Å². The van der Waals surface area contributed by atoms with Gasteiger partial charge >= 0.3 is 11.9 Å². The van der Waals surface area contributed by atoms with E-state index in [2.05, 4.69) is 4.98 Å². The molecule has 2 aromatic heterocycles. The van der Waals surface area contributed by atoms with Crippen molar-refractivity contribution >= 4 is 23.0 Å². The summed E-state index contributed by atoms with van der Waals surface area (Å²) in [5.74, 6) is -0.941. The van der Waals surface area contributed by atoms with Crippen molar-refractivity contribution in [3.8, 4) is 0 Å². The average molecular weight is 319 g/mol. The summed E-state index contributed by atoms with van der Waals surface area (Å²) in [6.45, 7) is 6.22. The van der Waals surface area contributed by atoms with E-state index in [4.69, 9.17) is 15.2 Å². The Hall–Kier alpha value is -2.41. The first-order valence-corrected chi connectivity index (χ1v) is 7.59. The lowest BCUT2D eigenvalue weighted by Gasteiger charge is -2.15. The zero-order valence-electron chi connectivity index (χ0n) is 13.5. The molecule has 0 aliphatic carbocycles. The van der Waals surface area contributed by atoms with Crippen LogP contribution in [-0.4, -0.2) is 41.2 Å². The Morgan fingerprint density at radius 3 is 2.48 bits per heavy atom. The molecule has 0 aromatic carbocycles. The number of carbonyl (C=O) groups excluding carboxylic acids is 2. The number of carbonyl (C=O) groups is 2. The second-order valence-electron chi connectivity index (χ2n) is 5.03. The molecule has 0 aliphatic heterocycles. The Morgan fingerprint density at radius 1 is 1.22 bits per heavy atom. The van der Waals surface area contributed by atoms with Gasteiger partial charge in [-0.3, -0.25) is 0 Å². The number of nitrogens with zero attached hydrogens (tertiary/aromatic N) is 2. The van der Waals surface area contributed by atoms with Gasteiger partial charge in [-0.1, -0.05) is 0 Å². The van der Waals surface area contributed by atoms with Crippen molar-refractivity contribution in [2.75, 3.05) is 19.8 Å². The topological polar surface area (TPSA) is 96.4 Å². The Balaban J connectivity index is 2.60. The lowest BCUT2D eigenvalue weighted by Crippen LogP contribution is -2.21. The van der Waals surface area contributed by atoms with Crippen molar-refractivity contribution in [2.45, 2.75) is 26.8 Å². The molecule has 0 bridgehead atoms. The van der Waals surface area contributed by atoms with Gasteiger partial charge in [0.05, 0.1) is 13.2 Å². The predicted molar refractivity (Wildman–Crippen MR) is 85.4 cm³/mol. The Morgan fingerprint density at radius 2 is 1.87 bits per heavy atom. The quantitative estimate of drug-likeness (QED) is 0.817. The molecular formula is C16H21N3O4. The van der Waals surface area contributed by atoms with Crippen LogP contribution in [0.5, 0.6) is 0 Å². The van der Waals surface area contributed by atoms with Crippen LogP contribution in [0.15, 0.2) is 18.2 Å². The molecule has 7 nitrogen and oxygen atoms in total. The second-order valence-corrected chi connectivity index (χ2v) is 5.03. The first-order chi connectivity index (χ1) is 11.0. The first kappa shape index (κ1) is 17.0. The lowest BCUT2D eigenvalue weighted by molar-refractivity contribution is 0.0508. The van der Waals surface area contributed by atoms with Crippen LogP contribution in [-0.2, 0) is 9.47 Å². The van der Waals surface area contributed by atoms with Gasteiger partial charge in [0.2, 0.25) is 0 Å². The minimum Gasteiger partial charge on any atom is -0.461 e. The van der Waals surface area contributed by atoms with Crippen LogP contribution in [0.1, 0.15) is 47.8 Å². The van der Waals surface area contributed by atoms with E-state index >= 15 is 0 Å². The summed E-state index contributed by atoms with van der Waals surface area (Å²) in [5, 5.41) is 0.737. The van der Waals surface area contributed by atoms with Crippen LogP contribution >= 0.6 is 0 Å². The van der Waals surface area contributed by atoms with Crippen LogP contribution in [0.3, 0.4) is 0 Å². The fraction of sp³-hybridized carbons (Fsp3) is 0.438. The van der Waals surface area contributed by atoms with Crippen molar-refractivity contribution in [1.29, 1.82) is 0 Å². The lowest BCUT2D eigenvalue weighted by atomic mass is 10.3. The van der Waals surface area contributed by atoms with Crippen molar-refractivity contribution in [3.05, 3.63) is 29.6 Å². The van der Waals surface area contributed by atoms with Crippen molar-refractivity contribution in [3.63, 3.8) is 0 Å². The van der Waals surface area contributed by atoms with Crippen molar-refractivity contribution in [2.24, 2.45) is 5.73 Å². The number of ether oxygens (including phenoxy) is 2. The molecule has 7 heteroatoms. The maximum absolute atomic E-state index is 12.2. The van der Waals surface area contributed by atoms with E-state index in [-0.39, 0.29) is 24.9 Å². The first-order valence-electron chi connectivity index (χ1n) is 7.59. The molecule has 0 spiro atoms. The molecule has 0 fully saturated rings. The number of nitrogens with two attached hydrogens (primary N) is 1. The molecule has 0 radical (unpaired) electrons. The molecule has 23 heavy (non-hydrogen) atoms. The number of aromatic nitrogens is 2. The van der Waals surface area contributed by atoms with Gasteiger partial charge in [0, 0.05) is 18.0 Å². The van der Waals surface area contributed by atoms with Gasteiger partial charge in [-0.05, 0) is 39.0 Å². The Kier molecular flexibility index (Phi) is 5.33. The number of hydrogen-bond donors (Lipinski definition) is 1. The summed E-state index contributed by atoms with van der Waals surface area (Å²) in [5.41, 5.74) is 6.82. The largest absolute Gasteiger partial charge is 0.461 e. The highest BCUT2D eigenvalue weighted by Gasteiger charge is 2.22. The molecule has 0 saturated carbocycles. The molecule has 2 heterocycles. The molecule has 0 amide bonds. The zero-order chi connectivity index (χ0) is 17.0. The van der Waals surface area contributed by atoms with Gasteiger partial charge in [0.15, 0.2) is 5.69 Å². The summed E-state index contributed by atoms with van der Waals surface area (Å²) in [4.78, 5) is 28.4. The van der Waals surface area contributed by atoms with Gasteiger partial charge in [0.1, 0.15) is 11.3 Å². The van der Waals surface area contributed by atoms with Gasteiger partial charge in [-0.15, -0.1) is 0 Å². The minimum absolute atomic E-state index is 0.170. The van der Waals surface area contributed by atoms with Crippen LogP contribution < -0.4 is 5.73 Å². The maximum atomic E-state index is 12.2. The molecule has 2 aromatic rings. The van der Waals surface area contributed by atoms with E-state index in [0.717, 1.165) is 5.39 Å². The van der Waals surface area contributed by atoms with E-state index in [1.54, 1.807) is 36.6 Å². The third kappa shape index (κ3) is 3.34. The fourth-order valence-corrected chi connectivity index (χ4v) is 2.33. The summed E-state index contributed by atoms with van der Waals surface area (Å²) in [7, 11) is 0. The Bertz CT molecular complexity index is 723.